The van der Waals surface area contributed by atoms with Gasteiger partial charge in [-0.25, -0.2) is 13.1 Å². The lowest BCUT2D eigenvalue weighted by Gasteiger charge is -2.08. The fraction of sp³-hybridized carbons (Fsp3) is 0.500. The van der Waals surface area contributed by atoms with Gasteiger partial charge in [0.05, 0.1) is 9.95 Å². The van der Waals surface area contributed by atoms with Gasteiger partial charge in [-0.15, -0.1) is 0 Å². The molecule has 1 aromatic rings. The summed E-state index contributed by atoms with van der Waals surface area (Å²) in [6.07, 6.45) is 2.99. The molecule has 1 aliphatic carbocycles. The molecule has 1 aliphatic rings. The molecule has 0 unspecified atom stereocenters. The Morgan fingerprint density at radius 3 is 2.67 bits per heavy atom. The van der Waals surface area contributed by atoms with E-state index in [1.165, 1.54) is 25.0 Å². The molecule has 0 atom stereocenters. The quantitative estimate of drug-likeness (QED) is 0.428. The van der Waals surface area contributed by atoms with Crippen molar-refractivity contribution in [2.45, 2.75) is 30.2 Å². The van der Waals surface area contributed by atoms with Gasteiger partial charge in [0, 0.05) is 24.7 Å². The zero-order valence-electron chi connectivity index (χ0n) is 11.2. The maximum absolute atomic E-state index is 12.1. The highest BCUT2D eigenvalue weighted by Crippen LogP contribution is 2.25. The summed E-state index contributed by atoms with van der Waals surface area (Å²) in [4.78, 5) is 9.77. The molecule has 2 N–H and O–H groups in total. The monoisotopic (exact) mass is 333 g/mol. The number of hydrogen-bond donors (Lipinski definition) is 2. The van der Waals surface area contributed by atoms with Crippen LogP contribution in [-0.2, 0) is 10.0 Å². The smallest absolute Gasteiger partial charge is 0.270 e. The molecular formula is C12H16ClN3O4S. The first-order chi connectivity index (χ1) is 9.90. The standard InChI is InChI=1S/C12H16ClN3O4S/c13-11-5-4-10(16(17)18)8-12(11)21(19,20)15-7-1-6-14-9-2-3-9/h4-5,8-9,14-15H,1-3,6-7H2. The maximum atomic E-state index is 12.1. The van der Waals surface area contributed by atoms with E-state index < -0.39 is 14.9 Å². The Hall–Kier alpha value is -1.22. The van der Waals surface area contributed by atoms with Gasteiger partial charge in [0.15, 0.2) is 0 Å². The molecule has 0 radical (unpaired) electrons. The van der Waals surface area contributed by atoms with Crippen molar-refractivity contribution in [2.75, 3.05) is 13.1 Å². The molecule has 9 heteroatoms. The fourth-order valence-electron chi connectivity index (χ4n) is 1.78. The lowest BCUT2D eigenvalue weighted by atomic mass is 10.3. The third-order valence-electron chi connectivity index (χ3n) is 3.07. The summed E-state index contributed by atoms with van der Waals surface area (Å²) >= 11 is 5.82. The molecule has 0 amide bonds. The van der Waals surface area contributed by atoms with Crippen LogP contribution in [0.15, 0.2) is 23.1 Å². The molecule has 21 heavy (non-hydrogen) atoms. The molecule has 1 fully saturated rings. The Kier molecular flexibility index (Phi) is 5.15. The van der Waals surface area contributed by atoms with Crippen LogP contribution in [0.3, 0.4) is 0 Å². The van der Waals surface area contributed by atoms with Crippen molar-refractivity contribution in [2.24, 2.45) is 0 Å². The Balaban J connectivity index is 1.97. The Labute approximate surface area is 127 Å². The van der Waals surface area contributed by atoms with Crippen molar-refractivity contribution >= 4 is 27.3 Å². The number of nitro groups is 1. The third-order valence-corrected chi connectivity index (χ3v) is 5.01. The first kappa shape index (κ1) is 16.2. The molecule has 0 heterocycles. The van der Waals surface area contributed by atoms with Crippen molar-refractivity contribution < 1.29 is 13.3 Å². The van der Waals surface area contributed by atoms with E-state index in [0.717, 1.165) is 12.6 Å². The normalized spacial score (nSPS) is 15.1. The SMILES string of the molecule is O=[N+]([O-])c1ccc(Cl)c(S(=O)(=O)NCCCNC2CC2)c1. The molecular weight excluding hydrogens is 318 g/mol. The van der Waals surface area contributed by atoms with Crippen LogP contribution < -0.4 is 10.0 Å². The largest absolute Gasteiger partial charge is 0.314 e. The molecule has 2 rings (SSSR count). The van der Waals surface area contributed by atoms with Crippen LogP contribution in [0.1, 0.15) is 19.3 Å². The minimum atomic E-state index is -3.85. The van der Waals surface area contributed by atoms with Crippen LogP contribution in [0.4, 0.5) is 5.69 Å². The highest BCUT2D eigenvalue weighted by atomic mass is 35.5. The predicted octanol–water partition coefficient (Wildman–Crippen LogP) is 1.67. The van der Waals surface area contributed by atoms with E-state index in [1.54, 1.807) is 0 Å². The lowest BCUT2D eigenvalue weighted by molar-refractivity contribution is -0.385. The van der Waals surface area contributed by atoms with Crippen molar-refractivity contribution in [1.82, 2.24) is 10.0 Å². The Morgan fingerprint density at radius 1 is 1.33 bits per heavy atom. The Bertz CT molecular complexity index is 631. The maximum Gasteiger partial charge on any atom is 0.270 e. The number of rotatable bonds is 8. The summed E-state index contributed by atoms with van der Waals surface area (Å²) in [6.45, 7) is 0.983. The number of benzene rings is 1. The number of nitrogens with one attached hydrogen (secondary N) is 2. The summed E-state index contributed by atoms with van der Waals surface area (Å²) in [7, 11) is -3.85. The number of sulfonamides is 1. The molecule has 7 nitrogen and oxygen atoms in total. The number of non-ortho nitro benzene ring substituents is 1. The number of hydrogen-bond acceptors (Lipinski definition) is 5. The van der Waals surface area contributed by atoms with Crippen LogP contribution in [0.25, 0.3) is 0 Å². The van der Waals surface area contributed by atoms with Crippen molar-refractivity contribution in [3.8, 4) is 0 Å². The summed E-state index contributed by atoms with van der Waals surface area (Å²) in [5.41, 5.74) is -0.310. The molecule has 0 aliphatic heterocycles. The molecule has 1 saturated carbocycles. The van der Waals surface area contributed by atoms with Gasteiger partial charge in [0.25, 0.3) is 5.69 Å². The third kappa shape index (κ3) is 4.63. The zero-order valence-corrected chi connectivity index (χ0v) is 12.8. The van der Waals surface area contributed by atoms with Crippen LogP contribution in [-0.4, -0.2) is 32.5 Å². The molecule has 0 saturated heterocycles. The van der Waals surface area contributed by atoms with Gasteiger partial charge in [0.1, 0.15) is 4.90 Å². The van der Waals surface area contributed by atoms with Gasteiger partial charge < -0.3 is 5.32 Å². The van der Waals surface area contributed by atoms with E-state index in [0.29, 0.717) is 12.5 Å². The van der Waals surface area contributed by atoms with Gasteiger partial charge in [-0.05, 0) is 31.9 Å². The van der Waals surface area contributed by atoms with Crippen LogP contribution in [0.5, 0.6) is 0 Å². The highest BCUT2D eigenvalue weighted by Gasteiger charge is 2.22. The van der Waals surface area contributed by atoms with Crippen molar-refractivity contribution in [3.63, 3.8) is 0 Å². The van der Waals surface area contributed by atoms with Gasteiger partial charge >= 0.3 is 0 Å². The van der Waals surface area contributed by atoms with E-state index >= 15 is 0 Å². The summed E-state index contributed by atoms with van der Waals surface area (Å²) in [5, 5.41) is 13.9. The summed E-state index contributed by atoms with van der Waals surface area (Å²) < 4.78 is 26.6. The van der Waals surface area contributed by atoms with Gasteiger partial charge in [0.2, 0.25) is 10.0 Å². The zero-order chi connectivity index (χ0) is 15.5. The van der Waals surface area contributed by atoms with Gasteiger partial charge in [-0.3, -0.25) is 10.1 Å². The molecule has 0 bridgehead atoms. The van der Waals surface area contributed by atoms with E-state index in [9.17, 15) is 18.5 Å². The second kappa shape index (κ2) is 6.69. The van der Waals surface area contributed by atoms with Crippen LogP contribution >= 0.6 is 11.6 Å². The van der Waals surface area contributed by atoms with Crippen LogP contribution in [0, 0.1) is 10.1 Å². The average molecular weight is 334 g/mol. The first-order valence-corrected chi connectivity index (χ1v) is 8.43. The molecule has 1 aromatic carbocycles. The van der Waals surface area contributed by atoms with Crippen molar-refractivity contribution in [1.29, 1.82) is 0 Å². The van der Waals surface area contributed by atoms with E-state index in [-0.39, 0.29) is 22.2 Å². The minimum absolute atomic E-state index is 0.0378. The minimum Gasteiger partial charge on any atom is -0.314 e. The molecule has 0 spiro atoms. The fourth-order valence-corrected chi connectivity index (χ4v) is 3.37. The number of nitro benzene ring substituents is 1. The van der Waals surface area contributed by atoms with Gasteiger partial charge in [-0.1, -0.05) is 11.6 Å². The van der Waals surface area contributed by atoms with E-state index in [2.05, 4.69) is 10.0 Å². The van der Waals surface area contributed by atoms with E-state index in [4.69, 9.17) is 11.6 Å². The topological polar surface area (TPSA) is 101 Å². The molecule has 116 valence electrons. The average Bonchev–Trinajstić information content (AvgIpc) is 3.22. The van der Waals surface area contributed by atoms with Crippen molar-refractivity contribution in [3.05, 3.63) is 33.3 Å². The lowest BCUT2D eigenvalue weighted by Crippen LogP contribution is -2.28. The molecule has 0 aromatic heterocycles. The second-order valence-corrected chi connectivity index (χ2v) is 6.99. The Morgan fingerprint density at radius 2 is 2.05 bits per heavy atom. The first-order valence-electron chi connectivity index (χ1n) is 6.57. The summed E-state index contributed by atoms with van der Waals surface area (Å²) in [6, 6.07) is 3.92. The van der Waals surface area contributed by atoms with E-state index in [1.807, 2.05) is 0 Å². The van der Waals surface area contributed by atoms with Gasteiger partial charge in [-0.2, -0.15) is 0 Å². The summed E-state index contributed by atoms with van der Waals surface area (Å²) in [5.74, 6) is 0. The van der Waals surface area contributed by atoms with Crippen LogP contribution in [0.2, 0.25) is 5.02 Å². The number of halogens is 1. The second-order valence-electron chi connectivity index (χ2n) is 4.85. The predicted molar refractivity (Wildman–Crippen MR) is 78.9 cm³/mol. The highest BCUT2D eigenvalue weighted by molar-refractivity contribution is 7.89. The number of nitrogens with zero attached hydrogens (tertiary/aromatic N) is 1.